The van der Waals surface area contributed by atoms with E-state index in [0.717, 1.165) is 8.47 Å². The van der Waals surface area contributed by atoms with Crippen LogP contribution in [-0.4, -0.2) is 30.6 Å². The molecule has 2 aromatic carbocycles. The molecule has 3 rings (SSSR count). The van der Waals surface area contributed by atoms with Crippen LogP contribution in [0, 0.1) is 9.39 Å². The molecule has 1 heterocycles. The molecule has 0 bridgehead atoms. The molecule has 0 atom stereocenters. The second-order valence-electron chi connectivity index (χ2n) is 5.90. The van der Waals surface area contributed by atoms with Gasteiger partial charge in [0.05, 0.1) is 23.0 Å². The van der Waals surface area contributed by atoms with Crippen molar-refractivity contribution in [2.75, 3.05) is 18.6 Å². The molecule has 1 aliphatic heterocycles. The number of halogens is 2. The van der Waals surface area contributed by atoms with Gasteiger partial charge in [0.1, 0.15) is 11.4 Å². The number of ether oxygens (including phenoxy) is 2. The Bertz CT molecular complexity index is 1040. The fraction of sp³-hybridized carbons (Fsp3) is 0.150. The third kappa shape index (κ3) is 4.40. The predicted octanol–water partition coefficient (Wildman–Crippen LogP) is 3.67. The summed E-state index contributed by atoms with van der Waals surface area (Å²) in [5, 5.41) is 2.36. The molecule has 1 saturated heterocycles. The van der Waals surface area contributed by atoms with Crippen LogP contribution < -0.4 is 19.7 Å². The number of benzene rings is 2. The third-order valence-electron chi connectivity index (χ3n) is 4.01. The highest BCUT2D eigenvalue weighted by molar-refractivity contribution is 14.1. The number of nitrogens with zero attached hydrogens (tertiary/aromatic N) is 1. The van der Waals surface area contributed by atoms with E-state index in [1.165, 1.54) is 37.5 Å². The molecular formula is C20H16FIN2O4S. The van der Waals surface area contributed by atoms with E-state index in [2.05, 4.69) is 27.9 Å². The summed E-state index contributed by atoms with van der Waals surface area (Å²) in [6, 6.07) is 8.85. The molecular weight excluding hydrogens is 510 g/mol. The van der Waals surface area contributed by atoms with Crippen molar-refractivity contribution in [3.05, 3.63) is 56.9 Å². The number of amides is 2. The number of rotatable bonds is 5. The van der Waals surface area contributed by atoms with Crippen molar-refractivity contribution in [1.82, 2.24) is 5.32 Å². The summed E-state index contributed by atoms with van der Waals surface area (Å²) in [5.41, 5.74) is 0.667. The van der Waals surface area contributed by atoms with Gasteiger partial charge < -0.3 is 9.47 Å². The largest absolute Gasteiger partial charge is 0.492 e. The highest BCUT2D eigenvalue weighted by atomic mass is 127. The second-order valence-corrected chi connectivity index (χ2v) is 7.45. The number of hydrogen-bond donors (Lipinski definition) is 1. The van der Waals surface area contributed by atoms with E-state index in [4.69, 9.17) is 21.7 Å². The predicted molar refractivity (Wildman–Crippen MR) is 119 cm³/mol. The number of carbonyl (C=O) groups is 2. The van der Waals surface area contributed by atoms with Crippen LogP contribution >= 0.6 is 34.8 Å². The SMILES string of the molecule is CCOc1cc(/C=C2\C(=O)NC(=S)N(c3cccc(F)c3)C2=O)cc(I)c1OC. The summed E-state index contributed by atoms with van der Waals surface area (Å²) in [6.45, 7) is 2.26. The molecule has 0 radical (unpaired) electrons. The lowest BCUT2D eigenvalue weighted by Gasteiger charge is -2.29. The Morgan fingerprint density at radius 3 is 2.69 bits per heavy atom. The number of methoxy groups -OCH3 is 1. The van der Waals surface area contributed by atoms with Gasteiger partial charge in [0.15, 0.2) is 16.6 Å². The van der Waals surface area contributed by atoms with Crippen LogP contribution in [0.15, 0.2) is 42.0 Å². The van der Waals surface area contributed by atoms with Gasteiger partial charge in [0.25, 0.3) is 11.8 Å². The van der Waals surface area contributed by atoms with Gasteiger partial charge in [0.2, 0.25) is 0 Å². The summed E-state index contributed by atoms with van der Waals surface area (Å²) < 4.78 is 25.3. The Labute approximate surface area is 185 Å². The van der Waals surface area contributed by atoms with Crippen LogP contribution in [0.4, 0.5) is 10.1 Å². The molecule has 1 fully saturated rings. The van der Waals surface area contributed by atoms with Crippen LogP contribution in [0.3, 0.4) is 0 Å². The molecule has 6 nitrogen and oxygen atoms in total. The monoisotopic (exact) mass is 526 g/mol. The Kier molecular flexibility index (Phi) is 6.48. The van der Waals surface area contributed by atoms with E-state index in [0.29, 0.717) is 23.7 Å². The molecule has 0 saturated carbocycles. The quantitative estimate of drug-likeness (QED) is 0.279. The van der Waals surface area contributed by atoms with Crippen LogP contribution in [0.5, 0.6) is 11.5 Å². The van der Waals surface area contributed by atoms with Crippen molar-refractivity contribution in [3.63, 3.8) is 0 Å². The zero-order valence-electron chi connectivity index (χ0n) is 15.5. The molecule has 0 aromatic heterocycles. The van der Waals surface area contributed by atoms with Crippen molar-refractivity contribution in [3.8, 4) is 11.5 Å². The normalized spacial score (nSPS) is 15.5. The third-order valence-corrected chi connectivity index (χ3v) is 5.10. The number of carbonyl (C=O) groups excluding carboxylic acids is 2. The van der Waals surface area contributed by atoms with E-state index in [1.54, 1.807) is 12.1 Å². The fourth-order valence-electron chi connectivity index (χ4n) is 2.81. The van der Waals surface area contributed by atoms with Crippen LogP contribution in [0.1, 0.15) is 12.5 Å². The van der Waals surface area contributed by atoms with E-state index in [9.17, 15) is 14.0 Å². The maximum Gasteiger partial charge on any atom is 0.270 e. The van der Waals surface area contributed by atoms with Gasteiger partial charge >= 0.3 is 0 Å². The lowest BCUT2D eigenvalue weighted by Crippen LogP contribution is -2.54. The molecule has 1 N–H and O–H groups in total. The first-order chi connectivity index (χ1) is 13.8. The minimum atomic E-state index is -0.645. The Balaban J connectivity index is 2.05. The molecule has 9 heteroatoms. The van der Waals surface area contributed by atoms with Crippen LogP contribution in [0.25, 0.3) is 6.08 Å². The fourth-order valence-corrected chi connectivity index (χ4v) is 3.93. The number of thiocarbonyl (C=S) groups is 1. The van der Waals surface area contributed by atoms with Crippen LogP contribution in [-0.2, 0) is 9.59 Å². The van der Waals surface area contributed by atoms with Crippen LogP contribution in [0.2, 0.25) is 0 Å². The first-order valence-corrected chi connectivity index (χ1v) is 10.0. The molecule has 0 spiro atoms. The average molecular weight is 526 g/mol. The maximum absolute atomic E-state index is 13.6. The topological polar surface area (TPSA) is 67.9 Å². The van der Waals surface area contributed by atoms with E-state index < -0.39 is 17.6 Å². The van der Waals surface area contributed by atoms with Gasteiger partial charge in [0, 0.05) is 0 Å². The Morgan fingerprint density at radius 2 is 2.03 bits per heavy atom. The Morgan fingerprint density at radius 1 is 1.28 bits per heavy atom. The summed E-state index contributed by atoms with van der Waals surface area (Å²) >= 11 is 7.20. The minimum Gasteiger partial charge on any atom is -0.492 e. The number of anilines is 1. The Hall–Kier alpha value is -2.53. The standard InChI is InChI=1S/C20H16FIN2O4S/c1-3-28-16-9-11(8-15(22)17(16)27-2)7-14-18(25)23-20(29)24(19(14)26)13-6-4-5-12(21)10-13/h4-10H,3H2,1-2H3,(H,23,25,29)/b14-7+. The molecule has 29 heavy (non-hydrogen) atoms. The summed E-state index contributed by atoms with van der Waals surface area (Å²) in [4.78, 5) is 26.5. The number of nitrogens with one attached hydrogen (secondary N) is 1. The van der Waals surface area contributed by atoms with E-state index in [-0.39, 0.29) is 16.4 Å². The summed E-state index contributed by atoms with van der Waals surface area (Å²) in [5.74, 6) is -0.734. The van der Waals surface area contributed by atoms with Crippen molar-refractivity contribution in [2.45, 2.75) is 6.92 Å². The van der Waals surface area contributed by atoms with Gasteiger partial charge in [-0.25, -0.2) is 4.39 Å². The van der Waals surface area contributed by atoms with Gasteiger partial charge in [-0.2, -0.15) is 0 Å². The zero-order chi connectivity index (χ0) is 21.1. The summed E-state index contributed by atoms with van der Waals surface area (Å²) in [6.07, 6.45) is 1.44. The summed E-state index contributed by atoms with van der Waals surface area (Å²) in [7, 11) is 1.54. The molecule has 1 aliphatic rings. The smallest absolute Gasteiger partial charge is 0.270 e. The highest BCUT2D eigenvalue weighted by Crippen LogP contribution is 2.35. The molecule has 0 aliphatic carbocycles. The van der Waals surface area contributed by atoms with Gasteiger partial charge in [-0.15, -0.1) is 0 Å². The minimum absolute atomic E-state index is 0.109. The van der Waals surface area contributed by atoms with Gasteiger partial charge in [-0.1, -0.05) is 6.07 Å². The molecule has 2 aromatic rings. The van der Waals surface area contributed by atoms with Crippen molar-refractivity contribution in [2.24, 2.45) is 0 Å². The number of hydrogen-bond acceptors (Lipinski definition) is 5. The molecule has 0 unspecified atom stereocenters. The second kappa shape index (κ2) is 8.87. The first kappa shape index (κ1) is 21.2. The maximum atomic E-state index is 13.6. The highest BCUT2D eigenvalue weighted by Gasteiger charge is 2.34. The van der Waals surface area contributed by atoms with E-state index >= 15 is 0 Å². The van der Waals surface area contributed by atoms with Crippen molar-refractivity contribution < 1.29 is 23.5 Å². The molecule has 2 amide bonds. The molecule has 150 valence electrons. The van der Waals surface area contributed by atoms with Gasteiger partial charge in [-0.3, -0.25) is 19.8 Å². The average Bonchev–Trinajstić information content (AvgIpc) is 2.65. The lowest BCUT2D eigenvalue weighted by molar-refractivity contribution is -0.122. The zero-order valence-corrected chi connectivity index (χ0v) is 18.5. The lowest BCUT2D eigenvalue weighted by atomic mass is 10.1. The van der Waals surface area contributed by atoms with Crippen molar-refractivity contribution in [1.29, 1.82) is 0 Å². The van der Waals surface area contributed by atoms with Gasteiger partial charge in [-0.05, 0) is 83.7 Å². The van der Waals surface area contributed by atoms with E-state index in [1.807, 2.05) is 6.92 Å². The first-order valence-electron chi connectivity index (χ1n) is 8.53. The van der Waals surface area contributed by atoms with Crippen molar-refractivity contribution >= 4 is 63.5 Å².